The van der Waals surface area contributed by atoms with Gasteiger partial charge in [0.05, 0.1) is 6.54 Å². The Morgan fingerprint density at radius 3 is 2.67 bits per heavy atom. The van der Waals surface area contributed by atoms with E-state index in [1.54, 1.807) is 0 Å². The van der Waals surface area contributed by atoms with Crippen molar-refractivity contribution in [3.63, 3.8) is 0 Å². The van der Waals surface area contributed by atoms with Crippen LogP contribution in [0, 0.1) is 11.8 Å². The highest BCUT2D eigenvalue weighted by atomic mass is 16.4. The van der Waals surface area contributed by atoms with Crippen LogP contribution in [0.4, 0.5) is 0 Å². The molecule has 102 valence electrons. The molecule has 2 aliphatic rings. The van der Waals surface area contributed by atoms with Crippen molar-refractivity contribution in [2.75, 3.05) is 13.1 Å². The molecule has 0 aromatic rings. The Balaban J connectivity index is 2.08. The molecular formula is C13H22N2O3. The third kappa shape index (κ3) is 2.66. The molecule has 2 rings (SSSR count). The summed E-state index contributed by atoms with van der Waals surface area (Å²) in [5.74, 6) is 0.409. The monoisotopic (exact) mass is 254 g/mol. The summed E-state index contributed by atoms with van der Waals surface area (Å²) in [5.41, 5.74) is 0. The summed E-state index contributed by atoms with van der Waals surface area (Å²) in [5, 5.41) is 11.9. The number of carbonyl (C=O) groups is 2. The molecule has 2 N–H and O–H groups in total. The molecule has 0 radical (unpaired) electrons. The van der Waals surface area contributed by atoms with Gasteiger partial charge in [0.1, 0.15) is 6.04 Å². The quantitative estimate of drug-likeness (QED) is 0.761. The van der Waals surface area contributed by atoms with Crippen molar-refractivity contribution in [1.82, 2.24) is 10.2 Å². The number of hydrogen-bond acceptors (Lipinski definition) is 3. The normalized spacial score (nSPS) is 38.2. The van der Waals surface area contributed by atoms with E-state index in [-0.39, 0.29) is 25.0 Å². The SMILES string of the molecule is CC1CCC(N2CC(=O)NCC2C(=O)O)CC1C. The predicted molar refractivity (Wildman–Crippen MR) is 67.1 cm³/mol. The Bertz CT molecular complexity index is 345. The van der Waals surface area contributed by atoms with Gasteiger partial charge in [-0.25, -0.2) is 0 Å². The van der Waals surface area contributed by atoms with Crippen LogP contribution in [0.2, 0.25) is 0 Å². The van der Waals surface area contributed by atoms with E-state index in [9.17, 15) is 14.7 Å². The van der Waals surface area contributed by atoms with Crippen molar-refractivity contribution in [2.24, 2.45) is 11.8 Å². The molecule has 1 heterocycles. The van der Waals surface area contributed by atoms with E-state index in [1.165, 1.54) is 0 Å². The standard InChI is InChI=1S/C13H22N2O3/c1-8-3-4-10(5-9(8)2)15-7-12(16)14-6-11(15)13(17)18/h8-11H,3-7H2,1-2H3,(H,14,16)(H,17,18). The molecule has 18 heavy (non-hydrogen) atoms. The fourth-order valence-electron chi connectivity index (χ4n) is 3.09. The molecule has 1 saturated heterocycles. The van der Waals surface area contributed by atoms with Gasteiger partial charge in [0.15, 0.2) is 0 Å². The Labute approximate surface area is 108 Å². The number of nitrogens with zero attached hydrogens (tertiary/aromatic N) is 1. The van der Waals surface area contributed by atoms with Crippen molar-refractivity contribution in [1.29, 1.82) is 0 Å². The lowest BCUT2D eigenvalue weighted by molar-refractivity contribution is -0.148. The van der Waals surface area contributed by atoms with Crippen LogP contribution in [0.1, 0.15) is 33.1 Å². The van der Waals surface area contributed by atoms with Gasteiger partial charge in [0.25, 0.3) is 0 Å². The molecule has 1 aliphatic carbocycles. The van der Waals surface area contributed by atoms with Crippen molar-refractivity contribution >= 4 is 11.9 Å². The van der Waals surface area contributed by atoms with E-state index >= 15 is 0 Å². The largest absolute Gasteiger partial charge is 0.480 e. The molecule has 2 fully saturated rings. The van der Waals surface area contributed by atoms with Gasteiger partial charge in [-0.1, -0.05) is 13.8 Å². The molecule has 1 amide bonds. The van der Waals surface area contributed by atoms with E-state index < -0.39 is 12.0 Å². The lowest BCUT2D eigenvalue weighted by atomic mass is 9.78. The Morgan fingerprint density at radius 1 is 1.33 bits per heavy atom. The van der Waals surface area contributed by atoms with Crippen LogP contribution in [-0.2, 0) is 9.59 Å². The first-order valence-corrected chi connectivity index (χ1v) is 6.74. The zero-order chi connectivity index (χ0) is 13.3. The molecule has 1 aliphatic heterocycles. The highest BCUT2D eigenvalue weighted by molar-refractivity contribution is 5.83. The minimum Gasteiger partial charge on any atom is -0.480 e. The zero-order valence-corrected chi connectivity index (χ0v) is 11.1. The van der Waals surface area contributed by atoms with Crippen LogP contribution in [0.5, 0.6) is 0 Å². The second-order valence-corrected chi connectivity index (χ2v) is 5.75. The highest BCUT2D eigenvalue weighted by Crippen LogP contribution is 2.33. The maximum atomic E-state index is 11.5. The van der Waals surface area contributed by atoms with Crippen molar-refractivity contribution in [3.8, 4) is 0 Å². The van der Waals surface area contributed by atoms with Crippen LogP contribution >= 0.6 is 0 Å². The average molecular weight is 254 g/mol. The van der Waals surface area contributed by atoms with Crippen LogP contribution < -0.4 is 5.32 Å². The summed E-state index contributed by atoms with van der Waals surface area (Å²) in [6.07, 6.45) is 3.12. The van der Waals surface area contributed by atoms with Gasteiger partial charge in [-0.2, -0.15) is 0 Å². The molecule has 0 spiro atoms. The van der Waals surface area contributed by atoms with Crippen molar-refractivity contribution in [3.05, 3.63) is 0 Å². The maximum absolute atomic E-state index is 11.5. The summed E-state index contributed by atoms with van der Waals surface area (Å²) in [4.78, 5) is 24.6. The van der Waals surface area contributed by atoms with E-state index in [1.807, 2.05) is 4.90 Å². The number of rotatable bonds is 2. The first-order chi connectivity index (χ1) is 8.49. The molecule has 4 atom stereocenters. The number of aliphatic carboxylic acids is 1. The molecule has 5 nitrogen and oxygen atoms in total. The first kappa shape index (κ1) is 13.3. The molecule has 5 heteroatoms. The number of carbonyl (C=O) groups excluding carboxylic acids is 1. The van der Waals surface area contributed by atoms with Gasteiger partial charge in [-0.3, -0.25) is 14.5 Å². The second-order valence-electron chi connectivity index (χ2n) is 5.75. The van der Waals surface area contributed by atoms with Gasteiger partial charge in [0.2, 0.25) is 5.91 Å². The molecule has 1 saturated carbocycles. The summed E-state index contributed by atoms with van der Waals surface area (Å²) in [6.45, 7) is 4.92. The third-order valence-corrected chi connectivity index (χ3v) is 4.54. The summed E-state index contributed by atoms with van der Waals surface area (Å²) in [7, 11) is 0. The third-order valence-electron chi connectivity index (χ3n) is 4.54. The van der Waals surface area contributed by atoms with Gasteiger partial charge < -0.3 is 10.4 Å². The van der Waals surface area contributed by atoms with Gasteiger partial charge in [0, 0.05) is 12.6 Å². The van der Waals surface area contributed by atoms with Crippen LogP contribution in [0.3, 0.4) is 0 Å². The maximum Gasteiger partial charge on any atom is 0.322 e. The van der Waals surface area contributed by atoms with Crippen molar-refractivity contribution < 1.29 is 14.7 Å². The minimum atomic E-state index is -0.832. The predicted octanol–water partition coefficient (Wildman–Crippen LogP) is 0.696. The number of carboxylic acid groups (broad SMARTS) is 1. The van der Waals surface area contributed by atoms with E-state index in [0.717, 1.165) is 19.3 Å². The van der Waals surface area contributed by atoms with Crippen LogP contribution in [-0.4, -0.2) is 47.1 Å². The number of amides is 1. The van der Waals surface area contributed by atoms with Gasteiger partial charge in [-0.05, 0) is 31.1 Å². The molecule has 0 aromatic carbocycles. The van der Waals surface area contributed by atoms with Crippen LogP contribution in [0.25, 0.3) is 0 Å². The number of hydrogen-bond donors (Lipinski definition) is 2. The molecule has 0 aromatic heterocycles. The Morgan fingerprint density at radius 2 is 2.06 bits per heavy atom. The fourth-order valence-corrected chi connectivity index (χ4v) is 3.09. The van der Waals surface area contributed by atoms with E-state index in [2.05, 4.69) is 19.2 Å². The fraction of sp³-hybridized carbons (Fsp3) is 0.846. The van der Waals surface area contributed by atoms with Gasteiger partial charge >= 0.3 is 5.97 Å². The number of piperazine rings is 1. The minimum absolute atomic E-state index is 0.0567. The second kappa shape index (κ2) is 5.26. The molecule has 4 unspecified atom stereocenters. The van der Waals surface area contributed by atoms with E-state index in [0.29, 0.717) is 11.8 Å². The summed E-state index contributed by atoms with van der Waals surface area (Å²) < 4.78 is 0. The Kier molecular flexibility index (Phi) is 3.90. The first-order valence-electron chi connectivity index (χ1n) is 6.74. The van der Waals surface area contributed by atoms with Crippen molar-refractivity contribution in [2.45, 2.75) is 45.2 Å². The van der Waals surface area contributed by atoms with Crippen LogP contribution in [0.15, 0.2) is 0 Å². The topological polar surface area (TPSA) is 69.6 Å². The molecular weight excluding hydrogens is 232 g/mol. The Hall–Kier alpha value is -1.10. The highest BCUT2D eigenvalue weighted by Gasteiger charge is 2.38. The van der Waals surface area contributed by atoms with E-state index in [4.69, 9.17) is 0 Å². The average Bonchev–Trinajstić information content (AvgIpc) is 2.32. The number of carboxylic acids is 1. The van der Waals surface area contributed by atoms with Gasteiger partial charge in [-0.15, -0.1) is 0 Å². The zero-order valence-electron chi connectivity index (χ0n) is 11.1. The lowest BCUT2D eigenvalue weighted by Crippen LogP contribution is -2.61. The number of nitrogens with one attached hydrogen (secondary N) is 1. The smallest absolute Gasteiger partial charge is 0.322 e. The molecule has 0 bridgehead atoms. The lowest BCUT2D eigenvalue weighted by Gasteiger charge is -2.43. The summed E-state index contributed by atoms with van der Waals surface area (Å²) in [6, 6.07) is -0.323. The summed E-state index contributed by atoms with van der Waals surface area (Å²) >= 11 is 0.